The molecule has 1 aliphatic heterocycles. The summed E-state index contributed by atoms with van der Waals surface area (Å²) in [6.45, 7) is 3.33. The highest BCUT2D eigenvalue weighted by molar-refractivity contribution is 8.00. The number of nitrogens with two attached hydrogens (primary N) is 1. The number of hydrogen-bond donors (Lipinski definition) is 1. The summed E-state index contributed by atoms with van der Waals surface area (Å²) in [6, 6.07) is 0. The van der Waals surface area contributed by atoms with Crippen molar-refractivity contribution in [3.05, 3.63) is 11.0 Å². The molecule has 0 unspecified atom stereocenters. The predicted molar refractivity (Wildman–Crippen MR) is 56.7 cm³/mol. The summed E-state index contributed by atoms with van der Waals surface area (Å²) >= 11 is 7.34. The Morgan fingerprint density at radius 2 is 2.21 bits per heavy atom. The van der Waals surface area contributed by atoms with Crippen LogP contribution in [-0.4, -0.2) is 28.4 Å². The maximum atomic E-state index is 5.83. The highest BCUT2D eigenvalue weighted by Crippen LogP contribution is 2.32. The van der Waals surface area contributed by atoms with E-state index in [-0.39, 0.29) is 5.28 Å². The van der Waals surface area contributed by atoms with Crippen molar-refractivity contribution < 1.29 is 4.74 Å². The van der Waals surface area contributed by atoms with Crippen molar-refractivity contribution in [1.82, 2.24) is 9.97 Å². The van der Waals surface area contributed by atoms with Crippen LogP contribution in [-0.2, 0) is 4.74 Å². The summed E-state index contributed by atoms with van der Waals surface area (Å²) in [5.74, 6) is 0. The van der Waals surface area contributed by atoms with Gasteiger partial charge in [0.2, 0.25) is 5.28 Å². The van der Waals surface area contributed by atoms with E-state index in [1.807, 2.05) is 6.92 Å². The molecule has 2 N–H and O–H groups in total. The molecule has 0 amide bonds. The standard InChI is InChI=1S/C8H10ClN3OS/c1-4-6(10)7(12-8(9)11-4)14-5-2-13-3-5/h5H,2-3,10H2,1H3. The monoisotopic (exact) mass is 231 g/mol. The highest BCUT2D eigenvalue weighted by atomic mass is 35.5. The van der Waals surface area contributed by atoms with Crippen molar-refractivity contribution in [3.8, 4) is 0 Å². The number of thioether (sulfide) groups is 1. The number of anilines is 1. The van der Waals surface area contributed by atoms with Crippen LogP contribution in [0.4, 0.5) is 5.69 Å². The van der Waals surface area contributed by atoms with Gasteiger partial charge in [-0.2, -0.15) is 0 Å². The van der Waals surface area contributed by atoms with Gasteiger partial charge in [0, 0.05) is 0 Å². The Morgan fingerprint density at radius 1 is 1.50 bits per heavy atom. The van der Waals surface area contributed by atoms with Gasteiger partial charge in [-0.1, -0.05) is 11.8 Å². The van der Waals surface area contributed by atoms with Crippen LogP contribution in [0.3, 0.4) is 0 Å². The maximum absolute atomic E-state index is 5.83. The quantitative estimate of drug-likeness (QED) is 0.618. The lowest BCUT2D eigenvalue weighted by Gasteiger charge is -2.25. The summed E-state index contributed by atoms with van der Waals surface area (Å²) in [6.07, 6.45) is 0. The summed E-state index contributed by atoms with van der Waals surface area (Å²) in [5.41, 5.74) is 7.18. The van der Waals surface area contributed by atoms with Gasteiger partial charge in [-0.3, -0.25) is 0 Å². The fraction of sp³-hybridized carbons (Fsp3) is 0.500. The van der Waals surface area contributed by atoms with Crippen LogP contribution in [0.1, 0.15) is 5.69 Å². The smallest absolute Gasteiger partial charge is 0.223 e. The van der Waals surface area contributed by atoms with Crippen molar-refractivity contribution in [3.63, 3.8) is 0 Å². The molecular weight excluding hydrogens is 222 g/mol. The van der Waals surface area contributed by atoms with Gasteiger partial charge in [-0.05, 0) is 18.5 Å². The van der Waals surface area contributed by atoms with Gasteiger partial charge in [0.05, 0.1) is 29.8 Å². The fourth-order valence-corrected chi connectivity index (χ4v) is 2.37. The zero-order chi connectivity index (χ0) is 10.1. The Balaban J connectivity index is 2.22. The first-order valence-corrected chi connectivity index (χ1v) is 5.46. The molecule has 76 valence electrons. The molecule has 1 fully saturated rings. The third-order valence-electron chi connectivity index (χ3n) is 1.96. The second kappa shape index (κ2) is 3.92. The molecule has 1 aromatic heterocycles. The molecule has 0 atom stereocenters. The number of nitrogens with zero attached hydrogens (tertiary/aromatic N) is 2. The van der Waals surface area contributed by atoms with Crippen molar-refractivity contribution in [2.75, 3.05) is 18.9 Å². The number of nitrogen functional groups attached to an aromatic ring is 1. The minimum absolute atomic E-state index is 0.249. The van der Waals surface area contributed by atoms with E-state index in [9.17, 15) is 0 Å². The highest BCUT2D eigenvalue weighted by Gasteiger charge is 2.22. The molecule has 1 aliphatic rings. The SMILES string of the molecule is Cc1nc(Cl)nc(SC2COC2)c1N. The maximum Gasteiger partial charge on any atom is 0.223 e. The van der Waals surface area contributed by atoms with E-state index in [1.165, 1.54) is 0 Å². The number of halogens is 1. The molecule has 0 saturated carbocycles. The van der Waals surface area contributed by atoms with Gasteiger partial charge in [-0.25, -0.2) is 9.97 Å². The van der Waals surface area contributed by atoms with Crippen LogP contribution < -0.4 is 5.73 Å². The van der Waals surface area contributed by atoms with E-state index in [0.29, 0.717) is 10.9 Å². The summed E-state index contributed by atoms with van der Waals surface area (Å²) in [4.78, 5) is 8.06. The molecule has 14 heavy (non-hydrogen) atoms. The van der Waals surface area contributed by atoms with Crippen LogP contribution in [0.5, 0.6) is 0 Å². The van der Waals surface area contributed by atoms with E-state index in [1.54, 1.807) is 11.8 Å². The van der Waals surface area contributed by atoms with E-state index in [2.05, 4.69) is 9.97 Å². The summed E-state index contributed by atoms with van der Waals surface area (Å²) in [5, 5.41) is 1.46. The Kier molecular flexibility index (Phi) is 2.80. The molecule has 2 heterocycles. The Bertz CT molecular complexity index is 357. The average molecular weight is 232 g/mol. The number of rotatable bonds is 2. The van der Waals surface area contributed by atoms with Crippen LogP contribution in [0.25, 0.3) is 0 Å². The first-order valence-electron chi connectivity index (χ1n) is 4.21. The van der Waals surface area contributed by atoms with Gasteiger partial charge >= 0.3 is 0 Å². The lowest BCUT2D eigenvalue weighted by atomic mass is 10.4. The first-order chi connectivity index (χ1) is 6.66. The molecule has 1 saturated heterocycles. The molecule has 0 aromatic carbocycles. The van der Waals surface area contributed by atoms with Gasteiger partial charge < -0.3 is 10.5 Å². The minimum Gasteiger partial charge on any atom is -0.395 e. The van der Waals surface area contributed by atoms with Crippen LogP contribution in [0, 0.1) is 6.92 Å². The van der Waals surface area contributed by atoms with Crippen molar-refractivity contribution >= 4 is 29.1 Å². The van der Waals surface area contributed by atoms with Crippen molar-refractivity contribution in [2.45, 2.75) is 17.2 Å². The van der Waals surface area contributed by atoms with E-state index >= 15 is 0 Å². The Labute approximate surface area is 91.2 Å². The molecule has 4 nitrogen and oxygen atoms in total. The Morgan fingerprint density at radius 3 is 2.79 bits per heavy atom. The predicted octanol–water partition coefficient (Wildman–Crippen LogP) is 1.51. The van der Waals surface area contributed by atoms with Crippen LogP contribution in [0.2, 0.25) is 5.28 Å². The molecule has 0 radical (unpaired) electrons. The van der Waals surface area contributed by atoms with Gasteiger partial charge in [0.1, 0.15) is 5.03 Å². The summed E-state index contributed by atoms with van der Waals surface area (Å²) < 4.78 is 5.07. The first kappa shape index (κ1) is 10.0. The van der Waals surface area contributed by atoms with Gasteiger partial charge in [0.15, 0.2) is 0 Å². The summed E-state index contributed by atoms with van der Waals surface area (Å²) in [7, 11) is 0. The number of aromatic nitrogens is 2. The average Bonchev–Trinajstić information content (AvgIpc) is 2.05. The molecule has 2 rings (SSSR count). The normalized spacial score (nSPS) is 16.7. The Hall–Kier alpha value is -0.520. The van der Waals surface area contributed by atoms with Gasteiger partial charge in [0.25, 0.3) is 0 Å². The van der Waals surface area contributed by atoms with Crippen LogP contribution in [0.15, 0.2) is 5.03 Å². The third kappa shape index (κ3) is 1.94. The number of aryl methyl sites for hydroxylation is 1. The third-order valence-corrected chi connectivity index (χ3v) is 3.27. The van der Waals surface area contributed by atoms with Gasteiger partial charge in [-0.15, -0.1) is 0 Å². The zero-order valence-corrected chi connectivity index (χ0v) is 9.23. The molecule has 6 heteroatoms. The van der Waals surface area contributed by atoms with Crippen molar-refractivity contribution in [2.24, 2.45) is 0 Å². The zero-order valence-electron chi connectivity index (χ0n) is 7.66. The van der Waals surface area contributed by atoms with Crippen LogP contribution >= 0.6 is 23.4 Å². The largest absolute Gasteiger partial charge is 0.395 e. The molecule has 0 aliphatic carbocycles. The lowest BCUT2D eigenvalue weighted by Crippen LogP contribution is -2.30. The molecule has 1 aromatic rings. The topological polar surface area (TPSA) is 61.0 Å². The molecule has 0 bridgehead atoms. The van der Waals surface area contributed by atoms with E-state index < -0.39 is 0 Å². The fourth-order valence-electron chi connectivity index (χ4n) is 1.05. The second-order valence-electron chi connectivity index (χ2n) is 3.07. The minimum atomic E-state index is 0.249. The second-order valence-corrected chi connectivity index (χ2v) is 4.70. The lowest BCUT2D eigenvalue weighted by molar-refractivity contribution is 0.0455. The van der Waals surface area contributed by atoms with E-state index in [4.69, 9.17) is 22.1 Å². The molecular formula is C8H10ClN3OS. The van der Waals surface area contributed by atoms with Crippen molar-refractivity contribution in [1.29, 1.82) is 0 Å². The van der Waals surface area contributed by atoms with E-state index in [0.717, 1.165) is 23.9 Å². The molecule has 0 spiro atoms. The number of hydrogen-bond acceptors (Lipinski definition) is 5. The number of ether oxygens (including phenoxy) is 1.